The summed E-state index contributed by atoms with van der Waals surface area (Å²) in [7, 11) is 2.95. The van der Waals surface area contributed by atoms with Gasteiger partial charge in [-0.2, -0.15) is 5.10 Å². The van der Waals surface area contributed by atoms with Gasteiger partial charge in [-0.15, -0.1) is 0 Å². The fourth-order valence-electron chi connectivity index (χ4n) is 1.51. The van der Waals surface area contributed by atoms with Crippen molar-refractivity contribution in [2.45, 2.75) is 26.7 Å². The van der Waals surface area contributed by atoms with Gasteiger partial charge in [0.25, 0.3) is 0 Å². The Kier molecular flexibility index (Phi) is 2.59. The van der Waals surface area contributed by atoms with Crippen LogP contribution in [0.2, 0.25) is 0 Å². The van der Waals surface area contributed by atoms with E-state index in [0.29, 0.717) is 5.41 Å². The van der Waals surface area contributed by atoms with Crippen LogP contribution in [-0.4, -0.2) is 31.0 Å². The molecule has 1 amide bonds. The van der Waals surface area contributed by atoms with Crippen molar-refractivity contribution >= 4 is 11.8 Å². The Bertz CT molecular complexity index is 236. The van der Waals surface area contributed by atoms with Crippen molar-refractivity contribution in [3.05, 3.63) is 0 Å². The standard InChI is InChI=1S/C9H16N2O2/c1-9(2)5-7(6-9)10-11(3)8(12)13-4/h5-6H2,1-4H3. The summed E-state index contributed by atoms with van der Waals surface area (Å²) in [5, 5.41) is 5.36. The molecule has 1 aliphatic rings. The van der Waals surface area contributed by atoms with E-state index in [2.05, 4.69) is 23.7 Å². The minimum absolute atomic E-state index is 0.357. The van der Waals surface area contributed by atoms with E-state index in [4.69, 9.17) is 0 Å². The molecule has 1 rings (SSSR count). The molecule has 1 fully saturated rings. The average Bonchev–Trinajstić information content (AvgIpc) is 1.99. The first kappa shape index (κ1) is 10.0. The summed E-state index contributed by atoms with van der Waals surface area (Å²) in [5.41, 5.74) is 1.42. The molecule has 0 unspecified atom stereocenters. The van der Waals surface area contributed by atoms with Crippen molar-refractivity contribution in [3.63, 3.8) is 0 Å². The van der Waals surface area contributed by atoms with Crippen molar-refractivity contribution in [1.82, 2.24) is 5.01 Å². The van der Waals surface area contributed by atoms with Crippen LogP contribution in [0.1, 0.15) is 26.7 Å². The van der Waals surface area contributed by atoms with Crippen molar-refractivity contribution in [2.24, 2.45) is 10.5 Å². The van der Waals surface area contributed by atoms with E-state index in [0.717, 1.165) is 18.6 Å². The SMILES string of the molecule is COC(=O)N(C)N=C1CC(C)(C)C1. The molecular formula is C9H16N2O2. The molecule has 0 bridgehead atoms. The third kappa shape index (κ3) is 2.44. The van der Waals surface area contributed by atoms with Crippen LogP contribution in [0.3, 0.4) is 0 Å². The van der Waals surface area contributed by atoms with E-state index in [1.807, 2.05) is 0 Å². The summed E-state index contributed by atoms with van der Waals surface area (Å²) in [4.78, 5) is 10.9. The highest BCUT2D eigenvalue weighted by Gasteiger charge is 2.33. The van der Waals surface area contributed by atoms with Gasteiger partial charge >= 0.3 is 6.09 Å². The van der Waals surface area contributed by atoms with E-state index in [1.54, 1.807) is 7.05 Å². The van der Waals surface area contributed by atoms with E-state index < -0.39 is 6.09 Å². The lowest BCUT2D eigenvalue weighted by Crippen LogP contribution is -2.34. The van der Waals surface area contributed by atoms with Crippen molar-refractivity contribution in [2.75, 3.05) is 14.2 Å². The molecule has 0 aliphatic heterocycles. The number of carbonyl (C=O) groups excluding carboxylic acids is 1. The molecule has 0 heterocycles. The van der Waals surface area contributed by atoms with Crippen LogP contribution >= 0.6 is 0 Å². The second-order valence-corrected chi connectivity index (χ2v) is 4.18. The van der Waals surface area contributed by atoms with Crippen LogP contribution in [0.15, 0.2) is 5.10 Å². The number of hydrazone groups is 1. The Morgan fingerprint density at radius 1 is 1.54 bits per heavy atom. The molecule has 0 aromatic carbocycles. The van der Waals surface area contributed by atoms with Crippen LogP contribution in [0.25, 0.3) is 0 Å². The lowest BCUT2D eigenvalue weighted by molar-refractivity contribution is 0.133. The summed E-state index contributed by atoms with van der Waals surface area (Å²) in [6.45, 7) is 4.37. The predicted molar refractivity (Wildman–Crippen MR) is 50.6 cm³/mol. The second kappa shape index (κ2) is 3.36. The number of rotatable bonds is 1. The molecule has 4 heteroatoms. The molecule has 13 heavy (non-hydrogen) atoms. The fourth-order valence-corrected chi connectivity index (χ4v) is 1.51. The van der Waals surface area contributed by atoms with Crippen molar-refractivity contribution < 1.29 is 9.53 Å². The van der Waals surface area contributed by atoms with E-state index in [9.17, 15) is 4.79 Å². The molecule has 1 aliphatic carbocycles. The Labute approximate surface area is 78.6 Å². The zero-order valence-corrected chi connectivity index (χ0v) is 8.63. The quantitative estimate of drug-likeness (QED) is 0.584. The van der Waals surface area contributed by atoms with Gasteiger partial charge in [0, 0.05) is 12.8 Å². The van der Waals surface area contributed by atoms with Gasteiger partial charge in [-0.3, -0.25) is 0 Å². The van der Waals surface area contributed by atoms with Crippen LogP contribution in [0.4, 0.5) is 4.79 Å². The highest BCUT2D eigenvalue weighted by molar-refractivity contribution is 5.91. The molecule has 0 atom stereocenters. The molecule has 0 aromatic rings. The third-order valence-electron chi connectivity index (χ3n) is 2.10. The van der Waals surface area contributed by atoms with Gasteiger partial charge in [-0.1, -0.05) is 13.8 Å². The minimum atomic E-state index is -0.419. The maximum absolute atomic E-state index is 10.9. The summed E-state index contributed by atoms with van der Waals surface area (Å²) in [5.74, 6) is 0. The molecule has 4 nitrogen and oxygen atoms in total. The zero-order chi connectivity index (χ0) is 10.1. The molecular weight excluding hydrogens is 168 g/mol. The highest BCUT2D eigenvalue weighted by Crippen LogP contribution is 2.37. The average molecular weight is 184 g/mol. The van der Waals surface area contributed by atoms with E-state index >= 15 is 0 Å². The Morgan fingerprint density at radius 3 is 2.46 bits per heavy atom. The van der Waals surface area contributed by atoms with Crippen molar-refractivity contribution in [3.8, 4) is 0 Å². The lowest BCUT2D eigenvalue weighted by Gasteiger charge is -2.36. The summed E-state index contributed by atoms with van der Waals surface area (Å²) >= 11 is 0. The van der Waals surface area contributed by atoms with Gasteiger partial charge in [-0.05, 0) is 18.3 Å². The molecule has 74 valence electrons. The maximum atomic E-state index is 10.9. The van der Waals surface area contributed by atoms with Crippen LogP contribution < -0.4 is 0 Å². The van der Waals surface area contributed by atoms with Gasteiger partial charge in [0.15, 0.2) is 0 Å². The normalized spacial score (nSPS) is 18.9. The number of hydrogen-bond acceptors (Lipinski definition) is 3. The number of amides is 1. The number of carbonyl (C=O) groups is 1. The van der Waals surface area contributed by atoms with Gasteiger partial charge in [0.1, 0.15) is 0 Å². The topological polar surface area (TPSA) is 41.9 Å². The molecule has 0 aromatic heterocycles. The first-order valence-corrected chi connectivity index (χ1v) is 4.33. The third-order valence-corrected chi connectivity index (χ3v) is 2.10. The molecule has 0 spiro atoms. The number of hydrogen-bond donors (Lipinski definition) is 0. The molecule has 0 N–H and O–H groups in total. The number of methoxy groups -OCH3 is 1. The lowest BCUT2D eigenvalue weighted by atomic mass is 9.71. The Balaban J connectivity index is 2.45. The minimum Gasteiger partial charge on any atom is -0.451 e. The molecule has 0 radical (unpaired) electrons. The number of nitrogens with zero attached hydrogens (tertiary/aromatic N) is 2. The summed E-state index contributed by atoms with van der Waals surface area (Å²) in [6, 6.07) is 0. The van der Waals surface area contributed by atoms with E-state index in [1.165, 1.54) is 12.1 Å². The fraction of sp³-hybridized carbons (Fsp3) is 0.778. The first-order valence-electron chi connectivity index (χ1n) is 4.33. The zero-order valence-electron chi connectivity index (χ0n) is 8.63. The van der Waals surface area contributed by atoms with Gasteiger partial charge < -0.3 is 4.74 Å². The van der Waals surface area contributed by atoms with Crippen LogP contribution in [0, 0.1) is 5.41 Å². The predicted octanol–water partition coefficient (Wildman–Crippen LogP) is 1.86. The van der Waals surface area contributed by atoms with Crippen molar-refractivity contribution in [1.29, 1.82) is 0 Å². The van der Waals surface area contributed by atoms with Crippen LogP contribution in [-0.2, 0) is 4.74 Å². The van der Waals surface area contributed by atoms with Gasteiger partial charge in [0.2, 0.25) is 0 Å². The largest absolute Gasteiger partial charge is 0.451 e. The second-order valence-electron chi connectivity index (χ2n) is 4.18. The van der Waals surface area contributed by atoms with E-state index in [-0.39, 0.29) is 0 Å². The maximum Gasteiger partial charge on any atom is 0.429 e. The van der Waals surface area contributed by atoms with Gasteiger partial charge in [-0.25, -0.2) is 9.80 Å². The smallest absolute Gasteiger partial charge is 0.429 e. The molecule has 0 saturated heterocycles. The first-order chi connectivity index (χ1) is 5.94. The number of ether oxygens (including phenoxy) is 1. The monoisotopic (exact) mass is 184 g/mol. The summed E-state index contributed by atoms with van der Waals surface area (Å²) in [6.07, 6.45) is 1.51. The Hall–Kier alpha value is -1.06. The Morgan fingerprint density at radius 2 is 2.08 bits per heavy atom. The van der Waals surface area contributed by atoms with Gasteiger partial charge in [0.05, 0.1) is 7.11 Å². The summed E-state index contributed by atoms with van der Waals surface area (Å²) < 4.78 is 4.51. The highest BCUT2D eigenvalue weighted by atomic mass is 16.5. The molecule has 1 saturated carbocycles. The van der Waals surface area contributed by atoms with Crippen LogP contribution in [0.5, 0.6) is 0 Å².